The van der Waals surface area contributed by atoms with E-state index in [-0.39, 0.29) is 12.2 Å². The van der Waals surface area contributed by atoms with Gasteiger partial charge in [0.25, 0.3) is 0 Å². The number of para-hydroxylation sites is 1. The molecule has 1 N–H and O–H groups in total. The molecule has 1 fully saturated rings. The van der Waals surface area contributed by atoms with E-state index in [2.05, 4.69) is 5.32 Å². The van der Waals surface area contributed by atoms with Gasteiger partial charge < -0.3 is 19.1 Å². The molecule has 0 spiro atoms. The minimum Gasteiger partial charge on any atom is -0.488 e. The van der Waals surface area contributed by atoms with Gasteiger partial charge in [-0.2, -0.15) is 0 Å². The van der Waals surface area contributed by atoms with Gasteiger partial charge >= 0.3 is 12.2 Å². The standard InChI is InChI=1S/C22H25ClN2O5/c1-2-3-11-28-22(27)25-10-9-19(15-25)29-20-13-16(23)12-17(14-20)24-21(26)30-18-7-5-4-6-8-18/h4-8,12-14,19H,2-3,9-11,15H2,1H3,(H,24,26). The third kappa shape index (κ3) is 6.56. The lowest BCUT2D eigenvalue weighted by atomic mass is 10.2. The van der Waals surface area contributed by atoms with Gasteiger partial charge in [-0.1, -0.05) is 43.1 Å². The molecule has 160 valence electrons. The summed E-state index contributed by atoms with van der Waals surface area (Å²) >= 11 is 6.17. The summed E-state index contributed by atoms with van der Waals surface area (Å²) in [5.41, 5.74) is 0.451. The number of nitrogens with zero attached hydrogens (tertiary/aromatic N) is 1. The summed E-state index contributed by atoms with van der Waals surface area (Å²) in [5.74, 6) is 0.939. The van der Waals surface area contributed by atoms with Crippen LogP contribution in [0.4, 0.5) is 15.3 Å². The molecule has 1 unspecified atom stereocenters. The highest BCUT2D eigenvalue weighted by molar-refractivity contribution is 6.31. The van der Waals surface area contributed by atoms with Crippen molar-refractivity contribution in [1.82, 2.24) is 4.90 Å². The second-order valence-electron chi connectivity index (χ2n) is 6.95. The van der Waals surface area contributed by atoms with E-state index in [0.717, 1.165) is 12.8 Å². The summed E-state index contributed by atoms with van der Waals surface area (Å²) in [6.07, 6.45) is 1.40. The van der Waals surface area contributed by atoms with Crippen molar-refractivity contribution in [3.05, 3.63) is 53.6 Å². The number of halogens is 1. The lowest BCUT2D eigenvalue weighted by Crippen LogP contribution is -2.31. The van der Waals surface area contributed by atoms with Gasteiger partial charge in [0, 0.05) is 29.7 Å². The van der Waals surface area contributed by atoms with Crippen LogP contribution in [0.3, 0.4) is 0 Å². The molecule has 8 heteroatoms. The molecule has 1 heterocycles. The lowest BCUT2D eigenvalue weighted by Gasteiger charge is -2.17. The molecular formula is C22H25ClN2O5. The number of ether oxygens (including phenoxy) is 3. The fourth-order valence-electron chi connectivity index (χ4n) is 3.02. The highest BCUT2D eigenvalue weighted by Gasteiger charge is 2.28. The van der Waals surface area contributed by atoms with Gasteiger partial charge in [0.05, 0.1) is 13.2 Å². The molecule has 30 heavy (non-hydrogen) atoms. The molecule has 0 bridgehead atoms. The Labute approximate surface area is 180 Å². The van der Waals surface area contributed by atoms with Gasteiger partial charge in [-0.25, -0.2) is 9.59 Å². The lowest BCUT2D eigenvalue weighted by molar-refractivity contribution is 0.104. The number of hydrogen-bond acceptors (Lipinski definition) is 5. The number of carbonyl (C=O) groups excluding carboxylic acids is 2. The Morgan fingerprint density at radius 1 is 1.17 bits per heavy atom. The van der Waals surface area contributed by atoms with E-state index >= 15 is 0 Å². The molecule has 1 aliphatic rings. The van der Waals surface area contributed by atoms with Crippen LogP contribution >= 0.6 is 11.6 Å². The van der Waals surface area contributed by atoms with Gasteiger partial charge in [0.15, 0.2) is 0 Å². The smallest absolute Gasteiger partial charge is 0.417 e. The van der Waals surface area contributed by atoms with Crippen molar-refractivity contribution in [3.63, 3.8) is 0 Å². The number of rotatable bonds is 7. The van der Waals surface area contributed by atoms with E-state index in [9.17, 15) is 9.59 Å². The molecule has 0 radical (unpaired) electrons. The quantitative estimate of drug-likeness (QED) is 0.597. The Hall–Kier alpha value is -2.93. The van der Waals surface area contributed by atoms with Crippen molar-refractivity contribution in [2.45, 2.75) is 32.3 Å². The number of carbonyl (C=O) groups is 2. The Balaban J connectivity index is 1.54. The summed E-state index contributed by atoms with van der Waals surface area (Å²) in [5, 5.41) is 3.06. The van der Waals surface area contributed by atoms with Crippen molar-refractivity contribution in [3.8, 4) is 11.5 Å². The Bertz CT molecular complexity index is 862. The first-order valence-electron chi connectivity index (χ1n) is 9.96. The van der Waals surface area contributed by atoms with E-state index in [1.165, 1.54) is 0 Å². The van der Waals surface area contributed by atoms with Crippen LogP contribution in [-0.2, 0) is 4.74 Å². The first kappa shape index (κ1) is 21.8. The minimum absolute atomic E-state index is 0.175. The summed E-state index contributed by atoms with van der Waals surface area (Å²) < 4.78 is 16.4. The zero-order valence-electron chi connectivity index (χ0n) is 16.8. The number of likely N-dealkylation sites (tertiary alicyclic amines) is 1. The van der Waals surface area contributed by atoms with Crippen molar-refractivity contribution in [1.29, 1.82) is 0 Å². The molecule has 3 rings (SSSR count). The number of anilines is 1. The monoisotopic (exact) mass is 432 g/mol. The van der Waals surface area contributed by atoms with Crippen LogP contribution in [0, 0.1) is 0 Å². The molecule has 2 aromatic carbocycles. The maximum Gasteiger partial charge on any atom is 0.417 e. The van der Waals surface area contributed by atoms with Crippen LogP contribution in [0.2, 0.25) is 5.02 Å². The fourth-order valence-corrected chi connectivity index (χ4v) is 3.24. The maximum absolute atomic E-state index is 12.1. The second kappa shape index (κ2) is 10.7. The average molecular weight is 433 g/mol. The third-order valence-electron chi connectivity index (χ3n) is 4.50. The van der Waals surface area contributed by atoms with Gasteiger partial charge in [-0.15, -0.1) is 0 Å². The molecule has 0 aliphatic carbocycles. The van der Waals surface area contributed by atoms with Crippen LogP contribution in [0.5, 0.6) is 11.5 Å². The molecule has 0 saturated carbocycles. The molecule has 1 saturated heterocycles. The zero-order chi connectivity index (χ0) is 21.3. The minimum atomic E-state index is -0.628. The van der Waals surface area contributed by atoms with Crippen LogP contribution in [0.25, 0.3) is 0 Å². The largest absolute Gasteiger partial charge is 0.488 e. The Morgan fingerprint density at radius 2 is 1.97 bits per heavy atom. The predicted molar refractivity (Wildman–Crippen MR) is 114 cm³/mol. The number of nitrogens with one attached hydrogen (secondary N) is 1. The molecule has 0 aromatic heterocycles. The number of hydrogen-bond donors (Lipinski definition) is 1. The van der Waals surface area contributed by atoms with Gasteiger partial charge in [0.2, 0.25) is 0 Å². The topological polar surface area (TPSA) is 77.1 Å². The predicted octanol–water partition coefficient (Wildman–Crippen LogP) is 5.34. The van der Waals surface area contributed by atoms with Crippen LogP contribution in [0.15, 0.2) is 48.5 Å². The van der Waals surface area contributed by atoms with Crippen molar-refractivity contribution < 1.29 is 23.8 Å². The summed E-state index contributed by atoms with van der Waals surface area (Å²) in [7, 11) is 0. The normalized spacial score (nSPS) is 15.5. The summed E-state index contributed by atoms with van der Waals surface area (Å²) in [6, 6.07) is 13.7. The van der Waals surface area contributed by atoms with E-state index in [1.807, 2.05) is 13.0 Å². The van der Waals surface area contributed by atoms with Crippen molar-refractivity contribution in [2.24, 2.45) is 0 Å². The van der Waals surface area contributed by atoms with Gasteiger partial charge in [-0.05, 0) is 30.7 Å². The molecule has 1 atom stereocenters. The fraction of sp³-hybridized carbons (Fsp3) is 0.364. The summed E-state index contributed by atoms with van der Waals surface area (Å²) in [6.45, 7) is 3.49. The van der Waals surface area contributed by atoms with E-state index in [4.69, 9.17) is 25.8 Å². The van der Waals surface area contributed by atoms with Gasteiger partial charge in [0.1, 0.15) is 17.6 Å². The third-order valence-corrected chi connectivity index (χ3v) is 4.72. The Kier molecular flexibility index (Phi) is 7.79. The molecular weight excluding hydrogens is 408 g/mol. The zero-order valence-corrected chi connectivity index (χ0v) is 17.6. The first-order chi connectivity index (χ1) is 14.5. The van der Waals surface area contributed by atoms with E-state index in [0.29, 0.717) is 48.3 Å². The van der Waals surface area contributed by atoms with Gasteiger partial charge in [-0.3, -0.25) is 5.32 Å². The highest BCUT2D eigenvalue weighted by Crippen LogP contribution is 2.27. The molecule has 7 nitrogen and oxygen atoms in total. The van der Waals surface area contributed by atoms with Crippen molar-refractivity contribution in [2.75, 3.05) is 25.0 Å². The molecule has 1 aliphatic heterocycles. The highest BCUT2D eigenvalue weighted by atomic mass is 35.5. The van der Waals surface area contributed by atoms with Crippen LogP contribution in [0.1, 0.15) is 26.2 Å². The van der Waals surface area contributed by atoms with E-state index < -0.39 is 6.09 Å². The van der Waals surface area contributed by atoms with Crippen LogP contribution < -0.4 is 14.8 Å². The summed E-state index contributed by atoms with van der Waals surface area (Å²) in [4.78, 5) is 25.8. The number of unbranched alkanes of at least 4 members (excludes halogenated alkanes) is 1. The SMILES string of the molecule is CCCCOC(=O)N1CCC(Oc2cc(Cl)cc(NC(=O)Oc3ccccc3)c2)C1. The molecule has 2 aromatic rings. The maximum atomic E-state index is 12.1. The number of benzene rings is 2. The first-order valence-corrected chi connectivity index (χ1v) is 10.3. The average Bonchev–Trinajstić information content (AvgIpc) is 3.17. The van der Waals surface area contributed by atoms with Crippen LogP contribution in [-0.4, -0.2) is 42.9 Å². The van der Waals surface area contributed by atoms with Crippen molar-refractivity contribution >= 4 is 29.5 Å². The molecule has 2 amide bonds. The second-order valence-corrected chi connectivity index (χ2v) is 7.38. The van der Waals surface area contributed by atoms with E-state index in [1.54, 1.807) is 47.4 Å². The Morgan fingerprint density at radius 3 is 2.73 bits per heavy atom. The number of amides is 2.